The minimum absolute atomic E-state index is 0.0725. The molecule has 2 heteroatoms. The highest BCUT2D eigenvalue weighted by Gasteiger charge is 2.68. The molecule has 1 amide bonds. The van der Waals surface area contributed by atoms with Gasteiger partial charge in [0.05, 0.1) is 11.5 Å². The summed E-state index contributed by atoms with van der Waals surface area (Å²) in [6, 6.07) is 0. The fourth-order valence-electron chi connectivity index (χ4n) is 5.15. The Labute approximate surface area is 110 Å². The molecule has 2 bridgehead atoms. The van der Waals surface area contributed by atoms with Crippen LogP contribution in [0.2, 0.25) is 0 Å². The van der Waals surface area contributed by atoms with Crippen molar-refractivity contribution in [2.75, 3.05) is 6.54 Å². The molecule has 0 radical (unpaired) electrons. The first-order valence-electron chi connectivity index (χ1n) is 7.39. The van der Waals surface area contributed by atoms with Crippen molar-refractivity contribution < 1.29 is 4.79 Å². The summed E-state index contributed by atoms with van der Waals surface area (Å²) < 4.78 is 0. The summed E-state index contributed by atoms with van der Waals surface area (Å²) in [7, 11) is 0. The summed E-state index contributed by atoms with van der Waals surface area (Å²) in [5.41, 5.74) is 0.446. The molecule has 1 saturated heterocycles. The molecule has 3 saturated carbocycles. The number of likely N-dealkylation sites (tertiary alicyclic amines) is 1. The summed E-state index contributed by atoms with van der Waals surface area (Å²) in [6.07, 6.45) is 6.68. The molecule has 1 heterocycles. The molecule has 4 fully saturated rings. The summed E-state index contributed by atoms with van der Waals surface area (Å²) >= 11 is 0. The number of carbonyl (C=O) groups excluding carboxylic acids is 1. The standard InChI is InChI=1S/C16H25NO/c1-5-12-8-9-17(14(12)18)16-10-13(15(16,3)4)7-6-11(16)2/h5,11-13H,1,6-10H2,2-4H3. The van der Waals surface area contributed by atoms with Crippen LogP contribution in [0.4, 0.5) is 0 Å². The van der Waals surface area contributed by atoms with Gasteiger partial charge < -0.3 is 4.90 Å². The zero-order chi connectivity index (χ0) is 13.1. The van der Waals surface area contributed by atoms with Crippen molar-refractivity contribution >= 4 is 5.91 Å². The minimum atomic E-state index is 0.0725. The van der Waals surface area contributed by atoms with Crippen molar-refractivity contribution in [3.05, 3.63) is 12.7 Å². The first kappa shape index (κ1) is 12.3. The average Bonchev–Trinajstić information content (AvgIpc) is 2.70. The van der Waals surface area contributed by atoms with Gasteiger partial charge in [0.25, 0.3) is 0 Å². The van der Waals surface area contributed by atoms with E-state index < -0.39 is 0 Å². The van der Waals surface area contributed by atoms with Gasteiger partial charge in [0, 0.05) is 6.54 Å². The van der Waals surface area contributed by atoms with E-state index in [4.69, 9.17) is 0 Å². The number of hydrogen-bond donors (Lipinski definition) is 0. The Morgan fingerprint density at radius 2 is 2.06 bits per heavy atom. The molecule has 2 nitrogen and oxygen atoms in total. The van der Waals surface area contributed by atoms with Crippen LogP contribution in [-0.2, 0) is 4.79 Å². The van der Waals surface area contributed by atoms with Crippen LogP contribution in [0, 0.1) is 23.2 Å². The van der Waals surface area contributed by atoms with Crippen LogP contribution in [0.1, 0.15) is 46.5 Å². The first-order valence-corrected chi connectivity index (χ1v) is 7.39. The van der Waals surface area contributed by atoms with Crippen molar-refractivity contribution in [1.29, 1.82) is 0 Å². The van der Waals surface area contributed by atoms with Crippen LogP contribution in [0.25, 0.3) is 0 Å². The summed E-state index contributed by atoms with van der Waals surface area (Å²) in [5.74, 6) is 1.88. The zero-order valence-corrected chi connectivity index (χ0v) is 11.9. The van der Waals surface area contributed by atoms with E-state index in [9.17, 15) is 4.79 Å². The van der Waals surface area contributed by atoms with E-state index >= 15 is 0 Å². The fourth-order valence-corrected chi connectivity index (χ4v) is 5.15. The third kappa shape index (κ3) is 1.17. The number of carbonyl (C=O) groups is 1. The summed E-state index contributed by atoms with van der Waals surface area (Å²) in [6.45, 7) is 11.9. The smallest absolute Gasteiger partial charge is 0.230 e. The lowest BCUT2D eigenvalue weighted by atomic mass is 9.40. The number of amides is 1. The second kappa shape index (κ2) is 3.61. The maximum Gasteiger partial charge on any atom is 0.230 e. The molecule has 0 aromatic heterocycles. The van der Waals surface area contributed by atoms with E-state index in [1.807, 2.05) is 6.08 Å². The molecular weight excluding hydrogens is 222 g/mol. The molecule has 0 aromatic rings. The SMILES string of the molecule is C=CC1CCN(C23CC(CCC2C)C3(C)C)C1=O. The van der Waals surface area contributed by atoms with Gasteiger partial charge >= 0.3 is 0 Å². The van der Waals surface area contributed by atoms with Crippen LogP contribution < -0.4 is 0 Å². The lowest BCUT2D eigenvalue weighted by Crippen LogP contribution is -2.75. The molecular formula is C16H25NO. The Hall–Kier alpha value is -0.790. The van der Waals surface area contributed by atoms with Gasteiger partial charge in [-0.25, -0.2) is 0 Å². The van der Waals surface area contributed by atoms with Crippen molar-refractivity contribution in [3.8, 4) is 0 Å². The second-order valence-corrected chi connectivity index (χ2v) is 7.15. The van der Waals surface area contributed by atoms with Gasteiger partial charge in [-0.2, -0.15) is 0 Å². The van der Waals surface area contributed by atoms with Gasteiger partial charge in [-0.05, 0) is 42.9 Å². The van der Waals surface area contributed by atoms with Crippen LogP contribution in [0.15, 0.2) is 12.7 Å². The highest BCUT2D eigenvalue weighted by molar-refractivity contribution is 5.83. The Morgan fingerprint density at radius 3 is 2.56 bits per heavy atom. The van der Waals surface area contributed by atoms with E-state index in [1.54, 1.807) is 0 Å². The molecule has 18 heavy (non-hydrogen) atoms. The fraction of sp³-hybridized carbons (Fsp3) is 0.812. The Kier molecular flexibility index (Phi) is 2.46. The number of hydrogen-bond acceptors (Lipinski definition) is 1. The topological polar surface area (TPSA) is 20.3 Å². The number of fused-ring (bicyclic) bond motifs is 2. The van der Waals surface area contributed by atoms with Crippen molar-refractivity contribution in [1.82, 2.24) is 4.90 Å². The molecule has 100 valence electrons. The predicted octanol–water partition coefficient (Wildman–Crippen LogP) is 3.24. The molecule has 1 aliphatic heterocycles. The number of rotatable bonds is 2. The quantitative estimate of drug-likeness (QED) is 0.686. The maximum absolute atomic E-state index is 12.6. The maximum atomic E-state index is 12.6. The van der Waals surface area contributed by atoms with Crippen molar-refractivity contribution in [3.63, 3.8) is 0 Å². The molecule has 4 rings (SSSR count). The lowest BCUT2D eigenvalue weighted by molar-refractivity contribution is -0.209. The van der Waals surface area contributed by atoms with E-state index in [-0.39, 0.29) is 11.5 Å². The number of nitrogens with zero attached hydrogens (tertiary/aromatic N) is 1. The first-order chi connectivity index (χ1) is 8.45. The zero-order valence-electron chi connectivity index (χ0n) is 11.9. The molecule has 0 aromatic carbocycles. The Balaban J connectivity index is 1.95. The second-order valence-electron chi connectivity index (χ2n) is 7.15. The highest BCUT2D eigenvalue weighted by atomic mass is 16.2. The van der Waals surface area contributed by atoms with E-state index in [0.717, 1.165) is 18.9 Å². The molecule has 0 N–H and O–H groups in total. The van der Waals surface area contributed by atoms with Crippen molar-refractivity contribution in [2.45, 2.75) is 52.0 Å². The van der Waals surface area contributed by atoms with Gasteiger partial charge in [-0.3, -0.25) is 4.79 Å². The Bertz CT molecular complexity index is 400. The van der Waals surface area contributed by atoms with Gasteiger partial charge in [0.1, 0.15) is 0 Å². The van der Waals surface area contributed by atoms with Crippen LogP contribution in [0.3, 0.4) is 0 Å². The van der Waals surface area contributed by atoms with Crippen LogP contribution in [-0.4, -0.2) is 22.9 Å². The predicted molar refractivity (Wildman–Crippen MR) is 73.0 cm³/mol. The highest BCUT2D eigenvalue weighted by Crippen LogP contribution is 2.67. The van der Waals surface area contributed by atoms with Crippen molar-refractivity contribution in [2.24, 2.45) is 23.2 Å². The third-order valence-electron chi connectivity index (χ3n) is 6.47. The lowest BCUT2D eigenvalue weighted by Gasteiger charge is -2.71. The average molecular weight is 247 g/mol. The van der Waals surface area contributed by atoms with E-state index in [0.29, 0.717) is 17.2 Å². The van der Waals surface area contributed by atoms with E-state index in [2.05, 4.69) is 32.3 Å². The van der Waals surface area contributed by atoms with Crippen LogP contribution >= 0.6 is 0 Å². The molecule has 0 spiro atoms. The molecule has 4 atom stereocenters. The van der Waals surface area contributed by atoms with E-state index in [1.165, 1.54) is 19.3 Å². The van der Waals surface area contributed by atoms with Gasteiger partial charge in [0.2, 0.25) is 5.91 Å². The normalized spacial score (nSPS) is 45.8. The molecule has 3 aliphatic carbocycles. The molecule has 4 unspecified atom stereocenters. The third-order valence-corrected chi connectivity index (χ3v) is 6.47. The van der Waals surface area contributed by atoms with Crippen LogP contribution in [0.5, 0.6) is 0 Å². The summed E-state index contributed by atoms with van der Waals surface area (Å²) in [4.78, 5) is 14.8. The monoisotopic (exact) mass is 247 g/mol. The van der Waals surface area contributed by atoms with Gasteiger partial charge in [0.15, 0.2) is 0 Å². The molecule has 4 aliphatic rings. The van der Waals surface area contributed by atoms with Gasteiger partial charge in [-0.1, -0.05) is 26.8 Å². The largest absolute Gasteiger partial charge is 0.336 e. The summed E-state index contributed by atoms with van der Waals surface area (Å²) in [5, 5.41) is 0. The van der Waals surface area contributed by atoms with Gasteiger partial charge in [-0.15, -0.1) is 6.58 Å². The minimum Gasteiger partial charge on any atom is -0.336 e. The Morgan fingerprint density at radius 1 is 1.33 bits per heavy atom.